The number of carbonyl (C=O) groups excluding carboxylic acids is 1. The molecule has 0 aliphatic heterocycles. The fourth-order valence-corrected chi connectivity index (χ4v) is 2.00. The van der Waals surface area contributed by atoms with E-state index in [0.717, 1.165) is 16.7 Å². The second kappa shape index (κ2) is 4.12. The van der Waals surface area contributed by atoms with Crippen molar-refractivity contribution in [2.24, 2.45) is 5.41 Å². The lowest BCUT2D eigenvalue weighted by Gasteiger charge is -2.15. The summed E-state index contributed by atoms with van der Waals surface area (Å²) in [7, 11) is 0. The van der Waals surface area contributed by atoms with Gasteiger partial charge in [0.15, 0.2) is 0 Å². The van der Waals surface area contributed by atoms with Crippen molar-refractivity contribution in [3.8, 4) is 0 Å². The fraction of sp³-hybridized carbons (Fsp3) is 0.429. The second-order valence-electron chi connectivity index (χ2n) is 5.02. The first kappa shape index (κ1) is 12.6. The number of carboxylic acid groups (broad SMARTS) is 1. The molecule has 1 aliphatic carbocycles. The van der Waals surface area contributed by atoms with Crippen molar-refractivity contribution >= 4 is 17.6 Å². The molecule has 4 heteroatoms. The molecule has 0 radical (unpaired) electrons. The molecule has 1 aromatic carbocycles. The summed E-state index contributed by atoms with van der Waals surface area (Å²) in [6, 6.07) is 3.76. The molecular formula is C14H17NO3. The molecule has 0 bridgehead atoms. The average Bonchev–Trinajstić information content (AvgIpc) is 3.11. The molecule has 0 heterocycles. The Hall–Kier alpha value is -1.84. The van der Waals surface area contributed by atoms with Crippen LogP contribution in [0.2, 0.25) is 0 Å². The number of carboxylic acids is 1. The van der Waals surface area contributed by atoms with Gasteiger partial charge in [-0.3, -0.25) is 9.59 Å². The van der Waals surface area contributed by atoms with Gasteiger partial charge < -0.3 is 10.4 Å². The Kier molecular flexibility index (Phi) is 2.89. The molecule has 1 amide bonds. The molecule has 0 atom stereocenters. The Morgan fingerprint density at radius 2 is 1.78 bits per heavy atom. The zero-order chi connectivity index (χ0) is 13.5. The Bertz CT molecular complexity index is 530. The van der Waals surface area contributed by atoms with E-state index >= 15 is 0 Å². The minimum absolute atomic E-state index is 0.402. The van der Waals surface area contributed by atoms with Crippen molar-refractivity contribution in [1.29, 1.82) is 0 Å². The zero-order valence-corrected chi connectivity index (χ0v) is 10.8. The summed E-state index contributed by atoms with van der Waals surface area (Å²) in [5, 5.41) is 11.8. The third kappa shape index (κ3) is 1.88. The molecule has 18 heavy (non-hydrogen) atoms. The Labute approximate surface area is 106 Å². The molecule has 1 saturated carbocycles. The van der Waals surface area contributed by atoms with Gasteiger partial charge in [-0.1, -0.05) is 6.07 Å². The molecular weight excluding hydrogens is 230 g/mol. The maximum atomic E-state index is 12.0. The van der Waals surface area contributed by atoms with Crippen LogP contribution in [0.25, 0.3) is 0 Å². The molecule has 4 nitrogen and oxygen atoms in total. The van der Waals surface area contributed by atoms with Crippen molar-refractivity contribution in [3.05, 3.63) is 28.8 Å². The highest BCUT2D eigenvalue weighted by atomic mass is 16.4. The van der Waals surface area contributed by atoms with Crippen molar-refractivity contribution in [3.63, 3.8) is 0 Å². The van der Waals surface area contributed by atoms with Gasteiger partial charge in [0.2, 0.25) is 5.91 Å². The van der Waals surface area contributed by atoms with Gasteiger partial charge in [-0.2, -0.15) is 0 Å². The van der Waals surface area contributed by atoms with Crippen LogP contribution >= 0.6 is 0 Å². The SMILES string of the molecule is Cc1ccc(NC(=O)C2(C(=O)O)CC2)c(C)c1C. The normalized spacial score (nSPS) is 16.2. The van der Waals surface area contributed by atoms with E-state index in [0.29, 0.717) is 18.5 Å². The molecule has 1 aliphatic rings. The van der Waals surface area contributed by atoms with E-state index in [-0.39, 0.29) is 0 Å². The molecule has 2 rings (SSSR count). The van der Waals surface area contributed by atoms with E-state index in [1.807, 2.05) is 32.9 Å². The Balaban J connectivity index is 2.23. The Morgan fingerprint density at radius 3 is 2.28 bits per heavy atom. The minimum Gasteiger partial charge on any atom is -0.480 e. The second-order valence-corrected chi connectivity index (χ2v) is 5.02. The van der Waals surface area contributed by atoms with Crippen LogP contribution < -0.4 is 5.32 Å². The molecule has 96 valence electrons. The number of aliphatic carboxylic acids is 1. The van der Waals surface area contributed by atoms with Crippen molar-refractivity contribution in [2.75, 3.05) is 5.32 Å². The molecule has 1 fully saturated rings. The van der Waals surface area contributed by atoms with Crippen LogP contribution in [0, 0.1) is 26.2 Å². The summed E-state index contributed by atoms with van der Waals surface area (Å²) in [6.07, 6.45) is 0.857. The highest BCUT2D eigenvalue weighted by Gasteiger charge is 2.57. The van der Waals surface area contributed by atoms with E-state index in [2.05, 4.69) is 5.32 Å². The van der Waals surface area contributed by atoms with Crippen LogP contribution in [0.15, 0.2) is 12.1 Å². The van der Waals surface area contributed by atoms with E-state index in [1.165, 1.54) is 0 Å². The van der Waals surface area contributed by atoms with Gasteiger partial charge in [0.05, 0.1) is 0 Å². The summed E-state index contributed by atoms with van der Waals surface area (Å²) in [5.74, 6) is -1.43. The molecule has 0 unspecified atom stereocenters. The first-order valence-corrected chi connectivity index (χ1v) is 6.00. The number of hydrogen-bond acceptors (Lipinski definition) is 2. The smallest absolute Gasteiger partial charge is 0.319 e. The highest BCUT2D eigenvalue weighted by molar-refractivity contribution is 6.11. The van der Waals surface area contributed by atoms with Crippen molar-refractivity contribution in [2.45, 2.75) is 33.6 Å². The van der Waals surface area contributed by atoms with Gasteiger partial charge in [0, 0.05) is 5.69 Å². The fourth-order valence-electron chi connectivity index (χ4n) is 2.00. The molecule has 0 aromatic heterocycles. The van der Waals surface area contributed by atoms with Gasteiger partial charge in [0.1, 0.15) is 5.41 Å². The number of hydrogen-bond donors (Lipinski definition) is 2. The van der Waals surface area contributed by atoms with E-state index in [4.69, 9.17) is 5.11 Å². The van der Waals surface area contributed by atoms with E-state index in [9.17, 15) is 9.59 Å². The largest absolute Gasteiger partial charge is 0.480 e. The highest BCUT2D eigenvalue weighted by Crippen LogP contribution is 2.46. The lowest BCUT2D eigenvalue weighted by Crippen LogP contribution is -2.31. The molecule has 0 saturated heterocycles. The Morgan fingerprint density at radius 1 is 1.17 bits per heavy atom. The van der Waals surface area contributed by atoms with Crippen LogP contribution in [0.1, 0.15) is 29.5 Å². The van der Waals surface area contributed by atoms with Gasteiger partial charge >= 0.3 is 5.97 Å². The average molecular weight is 247 g/mol. The van der Waals surface area contributed by atoms with Gasteiger partial charge in [-0.25, -0.2) is 0 Å². The van der Waals surface area contributed by atoms with Crippen LogP contribution in [0.5, 0.6) is 0 Å². The van der Waals surface area contributed by atoms with Crippen molar-refractivity contribution < 1.29 is 14.7 Å². The summed E-state index contributed by atoms with van der Waals surface area (Å²) in [6.45, 7) is 5.93. The molecule has 1 aromatic rings. The van der Waals surface area contributed by atoms with Crippen LogP contribution in [-0.2, 0) is 9.59 Å². The monoisotopic (exact) mass is 247 g/mol. The number of aryl methyl sites for hydroxylation is 1. The number of nitrogens with one attached hydrogen (secondary N) is 1. The summed E-state index contributed by atoms with van der Waals surface area (Å²) < 4.78 is 0. The zero-order valence-electron chi connectivity index (χ0n) is 10.8. The maximum Gasteiger partial charge on any atom is 0.319 e. The first-order chi connectivity index (χ1) is 8.38. The standard InChI is InChI=1S/C14H17NO3/c1-8-4-5-11(10(3)9(8)2)15-12(16)14(6-7-14)13(17)18/h4-5H,6-7H2,1-3H3,(H,15,16)(H,17,18). The van der Waals surface area contributed by atoms with E-state index < -0.39 is 17.3 Å². The van der Waals surface area contributed by atoms with Crippen LogP contribution in [0.4, 0.5) is 5.69 Å². The number of benzene rings is 1. The number of rotatable bonds is 3. The lowest BCUT2D eigenvalue weighted by molar-refractivity contribution is -0.147. The molecule has 2 N–H and O–H groups in total. The van der Waals surface area contributed by atoms with Gasteiger partial charge in [-0.15, -0.1) is 0 Å². The first-order valence-electron chi connectivity index (χ1n) is 6.00. The number of amides is 1. The van der Waals surface area contributed by atoms with E-state index in [1.54, 1.807) is 0 Å². The number of anilines is 1. The quantitative estimate of drug-likeness (QED) is 0.806. The molecule has 0 spiro atoms. The predicted octanol–water partition coefficient (Wildman–Crippen LogP) is 2.42. The minimum atomic E-state index is -1.19. The summed E-state index contributed by atoms with van der Waals surface area (Å²) in [5.41, 5.74) is 2.78. The van der Waals surface area contributed by atoms with Crippen molar-refractivity contribution in [1.82, 2.24) is 0 Å². The summed E-state index contributed by atoms with van der Waals surface area (Å²) in [4.78, 5) is 23.1. The van der Waals surface area contributed by atoms with Gasteiger partial charge in [0.25, 0.3) is 0 Å². The predicted molar refractivity (Wildman–Crippen MR) is 68.6 cm³/mol. The van der Waals surface area contributed by atoms with Crippen LogP contribution in [-0.4, -0.2) is 17.0 Å². The third-order valence-corrected chi connectivity index (χ3v) is 3.90. The third-order valence-electron chi connectivity index (χ3n) is 3.90. The number of carbonyl (C=O) groups is 2. The lowest BCUT2D eigenvalue weighted by atomic mass is 10.0. The topological polar surface area (TPSA) is 66.4 Å². The van der Waals surface area contributed by atoms with Crippen LogP contribution in [0.3, 0.4) is 0 Å². The maximum absolute atomic E-state index is 12.0. The van der Waals surface area contributed by atoms with Gasteiger partial charge in [-0.05, 0) is 56.4 Å². The summed E-state index contributed by atoms with van der Waals surface area (Å²) >= 11 is 0.